The Labute approximate surface area is 161 Å². The maximum Gasteiger partial charge on any atom is 0.228 e. The highest BCUT2D eigenvalue weighted by atomic mass is 19.1. The monoisotopic (exact) mass is 387 g/mol. The van der Waals surface area contributed by atoms with Crippen molar-refractivity contribution in [3.63, 3.8) is 0 Å². The molecule has 1 saturated heterocycles. The molecule has 2 heterocycles. The second-order valence-corrected chi connectivity index (χ2v) is 7.87. The third-order valence-electron chi connectivity index (χ3n) is 5.69. The van der Waals surface area contributed by atoms with Gasteiger partial charge in [-0.2, -0.15) is 5.10 Å². The quantitative estimate of drug-likeness (QED) is 0.744. The molecular formula is C19H22FN5O3. The fourth-order valence-corrected chi connectivity index (χ4v) is 4.23. The van der Waals surface area contributed by atoms with Crippen molar-refractivity contribution in [1.29, 1.82) is 0 Å². The minimum atomic E-state index is -0.378. The van der Waals surface area contributed by atoms with Crippen molar-refractivity contribution in [3.8, 4) is 0 Å². The highest BCUT2D eigenvalue weighted by Crippen LogP contribution is 2.48. The topological polar surface area (TPSA) is 87.5 Å². The van der Waals surface area contributed by atoms with E-state index in [1.807, 2.05) is 4.90 Å². The SMILES string of the molecule is CN(CCC(=O)NC=O)c1nn(C)c2cc(N3CC4(CC(=O)C4)C3)c(F)cc12. The number of anilines is 2. The molecule has 1 N–H and O–H groups in total. The Hall–Kier alpha value is -2.97. The number of aromatic nitrogens is 2. The zero-order valence-corrected chi connectivity index (χ0v) is 15.9. The van der Waals surface area contributed by atoms with Crippen LogP contribution in [0.1, 0.15) is 19.3 Å². The van der Waals surface area contributed by atoms with Gasteiger partial charge >= 0.3 is 0 Å². The number of hydrogen-bond donors (Lipinski definition) is 1. The van der Waals surface area contributed by atoms with Crippen LogP contribution in [0.2, 0.25) is 0 Å². The summed E-state index contributed by atoms with van der Waals surface area (Å²) in [6, 6.07) is 3.27. The van der Waals surface area contributed by atoms with Gasteiger partial charge < -0.3 is 9.80 Å². The Kier molecular flexibility index (Phi) is 4.32. The highest BCUT2D eigenvalue weighted by molar-refractivity contribution is 5.94. The van der Waals surface area contributed by atoms with Crippen LogP contribution in [0.4, 0.5) is 15.9 Å². The van der Waals surface area contributed by atoms with E-state index in [2.05, 4.69) is 10.4 Å². The molecule has 0 bridgehead atoms. The molecule has 4 rings (SSSR count). The number of hydrogen-bond acceptors (Lipinski definition) is 6. The number of fused-ring (bicyclic) bond motifs is 1. The molecule has 2 fully saturated rings. The Bertz CT molecular complexity index is 970. The van der Waals surface area contributed by atoms with Gasteiger partial charge in [0.15, 0.2) is 5.82 Å². The minimum Gasteiger partial charge on any atom is -0.368 e. The summed E-state index contributed by atoms with van der Waals surface area (Å²) in [6.07, 6.45) is 1.69. The lowest BCUT2D eigenvalue weighted by molar-refractivity contribution is -0.134. The summed E-state index contributed by atoms with van der Waals surface area (Å²) >= 11 is 0. The van der Waals surface area contributed by atoms with Crippen molar-refractivity contribution in [1.82, 2.24) is 15.1 Å². The number of aryl methyl sites for hydroxylation is 1. The van der Waals surface area contributed by atoms with Crippen LogP contribution in [0.5, 0.6) is 0 Å². The molecule has 0 radical (unpaired) electrons. The number of Topliss-reactive ketones (excluding diaryl/α,β-unsaturated/α-hetero) is 1. The van der Waals surface area contributed by atoms with E-state index in [0.717, 1.165) is 5.52 Å². The van der Waals surface area contributed by atoms with Crippen LogP contribution in [-0.2, 0) is 21.4 Å². The Morgan fingerprint density at radius 3 is 2.75 bits per heavy atom. The predicted octanol–water partition coefficient (Wildman–Crippen LogP) is 0.981. The predicted molar refractivity (Wildman–Crippen MR) is 102 cm³/mol. The first-order valence-corrected chi connectivity index (χ1v) is 9.19. The molecule has 1 spiro atoms. The number of amides is 2. The number of nitrogens with one attached hydrogen (secondary N) is 1. The van der Waals surface area contributed by atoms with Crippen LogP contribution < -0.4 is 15.1 Å². The number of carbonyl (C=O) groups is 3. The van der Waals surface area contributed by atoms with E-state index in [1.54, 1.807) is 29.7 Å². The Morgan fingerprint density at radius 2 is 2.11 bits per heavy atom. The van der Waals surface area contributed by atoms with Crippen molar-refractivity contribution < 1.29 is 18.8 Å². The first-order chi connectivity index (χ1) is 13.3. The van der Waals surface area contributed by atoms with Crippen molar-refractivity contribution >= 4 is 40.5 Å². The molecule has 0 atom stereocenters. The van der Waals surface area contributed by atoms with Gasteiger partial charge in [-0.15, -0.1) is 0 Å². The molecule has 148 valence electrons. The summed E-state index contributed by atoms with van der Waals surface area (Å²) in [5.41, 5.74) is 1.37. The highest BCUT2D eigenvalue weighted by Gasteiger charge is 2.52. The number of ketones is 1. The summed E-state index contributed by atoms with van der Waals surface area (Å²) in [5.74, 6) is 0.161. The molecule has 9 heteroatoms. The van der Waals surface area contributed by atoms with Gasteiger partial charge in [-0.3, -0.25) is 24.4 Å². The van der Waals surface area contributed by atoms with Crippen molar-refractivity contribution in [3.05, 3.63) is 17.9 Å². The molecule has 2 aromatic rings. The molecule has 8 nitrogen and oxygen atoms in total. The normalized spacial score (nSPS) is 17.4. The third kappa shape index (κ3) is 3.00. The fraction of sp³-hybridized carbons (Fsp3) is 0.474. The fourth-order valence-electron chi connectivity index (χ4n) is 4.23. The summed E-state index contributed by atoms with van der Waals surface area (Å²) in [5, 5.41) is 7.24. The number of nitrogens with zero attached hydrogens (tertiary/aromatic N) is 4. The van der Waals surface area contributed by atoms with E-state index in [-0.39, 0.29) is 29.3 Å². The van der Waals surface area contributed by atoms with E-state index in [1.165, 1.54) is 6.07 Å². The maximum absolute atomic E-state index is 14.8. The smallest absolute Gasteiger partial charge is 0.228 e. The molecule has 28 heavy (non-hydrogen) atoms. The van der Waals surface area contributed by atoms with E-state index >= 15 is 0 Å². The molecule has 1 aromatic carbocycles. The van der Waals surface area contributed by atoms with E-state index in [0.29, 0.717) is 55.8 Å². The number of benzene rings is 1. The average molecular weight is 387 g/mol. The Morgan fingerprint density at radius 1 is 1.39 bits per heavy atom. The van der Waals surface area contributed by atoms with Crippen LogP contribution in [-0.4, -0.2) is 54.6 Å². The lowest BCUT2D eigenvalue weighted by atomic mass is 9.62. The molecule has 2 amide bonds. The van der Waals surface area contributed by atoms with Gasteiger partial charge in [-0.25, -0.2) is 4.39 Å². The maximum atomic E-state index is 14.8. The zero-order valence-electron chi connectivity index (χ0n) is 15.9. The largest absolute Gasteiger partial charge is 0.368 e. The first-order valence-electron chi connectivity index (χ1n) is 9.19. The van der Waals surface area contributed by atoms with E-state index in [4.69, 9.17) is 0 Å². The van der Waals surface area contributed by atoms with Gasteiger partial charge in [0.1, 0.15) is 11.6 Å². The summed E-state index contributed by atoms with van der Waals surface area (Å²) < 4.78 is 16.5. The number of halogens is 1. The second-order valence-electron chi connectivity index (χ2n) is 7.87. The van der Waals surface area contributed by atoms with Gasteiger partial charge in [0.05, 0.1) is 11.2 Å². The standard InChI is InChI=1S/C19H22FN5O3/c1-23(4-3-17(28)21-11-26)18-13-5-14(20)16(6-15(13)24(2)22-18)25-9-19(10-25)7-12(27)8-19/h5-6,11H,3-4,7-10H2,1-2H3,(H,21,26,28). The lowest BCUT2D eigenvalue weighted by Crippen LogP contribution is -2.63. The van der Waals surface area contributed by atoms with E-state index in [9.17, 15) is 18.8 Å². The molecule has 1 saturated carbocycles. The summed E-state index contributed by atoms with van der Waals surface area (Å²) in [7, 11) is 3.57. The van der Waals surface area contributed by atoms with Crippen molar-refractivity contribution in [2.45, 2.75) is 19.3 Å². The van der Waals surface area contributed by atoms with Crippen molar-refractivity contribution in [2.24, 2.45) is 12.5 Å². The van der Waals surface area contributed by atoms with Crippen LogP contribution in [0, 0.1) is 11.2 Å². The third-order valence-corrected chi connectivity index (χ3v) is 5.69. The summed E-state index contributed by atoms with van der Waals surface area (Å²) in [6.45, 7) is 1.76. The number of rotatable bonds is 6. The van der Waals surface area contributed by atoms with Gasteiger partial charge in [0, 0.05) is 63.8 Å². The average Bonchev–Trinajstić information content (AvgIpc) is 2.90. The molecule has 0 unspecified atom stereocenters. The second kappa shape index (κ2) is 6.57. The van der Waals surface area contributed by atoms with Gasteiger partial charge in [-0.05, 0) is 12.1 Å². The number of carbonyl (C=O) groups excluding carboxylic acids is 3. The molecular weight excluding hydrogens is 365 g/mol. The Balaban J connectivity index is 1.54. The van der Waals surface area contributed by atoms with Crippen LogP contribution in [0.25, 0.3) is 10.9 Å². The van der Waals surface area contributed by atoms with Gasteiger partial charge in [0.2, 0.25) is 12.3 Å². The van der Waals surface area contributed by atoms with Gasteiger partial charge in [0.25, 0.3) is 0 Å². The number of imide groups is 1. The first kappa shape index (κ1) is 18.4. The van der Waals surface area contributed by atoms with E-state index < -0.39 is 0 Å². The van der Waals surface area contributed by atoms with Crippen LogP contribution in [0.3, 0.4) is 0 Å². The minimum absolute atomic E-state index is 0.0540. The molecule has 1 aromatic heterocycles. The van der Waals surface area contributed by atoms with Crippen molar-refractivity contribution in [2.75, 3.05) is 36.5 Å². The van der Waals surface area contributed by atoms with Crippen LogP contribution >= 0.6 is 0 Å². The van der Waals surface area contributed by atoms with Crippen LogP contribution in [0.15, 0.2) is 12.1 Å². The molecule has 1 aliphatic carbocycles. The zero-order chi connectivity index (χ0) is 20.1. The molecule has 2 aliphatic rings. The molecule has 1 aliphatic heterocycles. The summed E-state index contributed by atoms with van der Waals surface area (Å²) in [4.78, 5) is 36.8. The van der Waals surface area contributed by atoms with Gasteiger partial charge in [-0.1, -0.05) is 0 Å². The lowest BCUT2D eigenvalue weighted by Gasteiger charge is -2.55.